The minimum Gasteiger partial charge on any atom is -0.469 e. The van der Waals surface area contributed by atoms with Gasteiger partial charge in [0.1, 0.15) is 19.3 Å². The predicted octanol–water partition coefficient (Wildman–Crippen LogP) is 2.40. The summed E-state index contributed by atoms with van der Waals surface area (Å²) in [5.41, 5.74) is -1.44. The molecule has 0 saturated heterocycles. The van der Waals surface area contributed by atoms with Gasteiger partial charge in [-0.1, -0.05) is 6.92 Å². The van der Waals surface area contributed by atoms with Crippen molar-refractivity contribution < 1.29 is 33.7 Å². The van der Waals surface area contributed by atoms with Crippen molar-refractivity contribution in [3.63, 3.8) is 0 Å². The van der Waals surface area contributed by atoms with Crippen molar-refractivity contribution >= 4 is 29.0 Å². The van der Waals surface area contributed by atoms with Gasteiger partial charge in [-0.25, -0.2) is 4.79 Å². The van der Waals surface area contributed by atoms with Gasteiger partial charge >= 0.3 is 17.2 Å². The van der Waals surface area contributed by atoms with Crippen molar-refractivity contribution in [2.24, 2.45) is 10.8 Å². The van der Waals surface area contributed by atoms with Crippen LogP contribution in [0.3, 0.4) is 0 Å². The van der Waals surface area contributed by atoms with Crippen molar-refractivity contribution in [2.75, 3.05) is 26.1 Å². The van der Waals surface area contributed by atoms with Gasteiger partial charge in [0.05, 0.1) is 17.9 Å². The molecule has 1 atom stereocenters. The number of carbonyl (C=O) groups excluding carboxylic acids is 3. The van der Waals surface area contributed by atoms with Gasteiger partial charge in [-0.05, 0) is 45.9 Å². The molecule has 0 aliphatic carbocycles. The Labute approximate surface area is 147 Å². The van der Waals surface area contributed by atoms with Crippen LogP contribution in [-0.4, -0.2) is 54.5 Å². The molecule has 0 rings (SSSR count). The SMILES string of the molecule is CCC(C)(C)C(=O)OCC(O)COC(=O)SCC(C)(C)C(=O)OC. The number of carbonyl (C=O) groups is 3. The molecule has 140 valence electrons. The number of aliphatic hydroxyl groups is 1. The zero-order chi connectivity index (χ0) is 19.0. The first-order chi connectivity index (χ1) is 11.0. The molecule has 0 heterocycles. The first-order valence-corrected chi connectivity index (χ1v) is 8.68. The third-order valence-corrected chi connectivity index (χ3v) is 4.75. The highest BCUT2D eigenvalue weighted by atomic mass is 32.2. The van der Waals surface area contributed by atoms with Gasteiger partial charge < -0.3 is 19.3 Å². The van der Waals surface area contributed by atoms with E-state index in [4.69, 9.17) is 9.47 Å². The Morgan fingerprint density at radius 3 is 2.04 bits per heavy atom. The number of hydrogen-bond donors (Lipinski definition) is 1. The summed E-state index contributed by atoms with van der Waals surface area (Å²) in [6.45, 7) is 8.15. The lowest BCUT2D eigenvalue weighted by Crippen LogP contribution is -2.31. The summed E-state index contributed by atoms with van der Waals surface area (Å²) in [6.07, 6.45) is -0.483. The van der Waals surface area contributed by atoms with E-state index in [-0.39, 0.29) is 19.0 Å². The first-order valence-electron chi connectivity index (χ1n) is 7.69. The molecule has 0 aliphatic rings. The fraction of sp³-hybridized carbons (Fsp3) is 0.812. The number of rotatable bonds is 9. The normalized spacial score (nSPS) is 13.1. The fourth-order valence-electron chi connectivity index (χ4n) is 1.34. The topological polar surface area (TPSA) is 99.1 Å². The quantitative estimate of drug-likeness (QED) is 0.492. The number of esters is 2. The summed E-state index contributed by atoms with van der Waals surface area (Å²) < 4.78 is 14.5. The molecule has 0 aromatic heterocycles. The predicted molar refractivity (Wildman–Crippen MR) is 90.6 cm³/mol. The molecular weight excluding hydrogens is 336 g/mol. The highest BCUT2D eigenvalue weighted by Gasteiger charge is 2.30. The smallest absolute Gasteiger partial charge is 0.367 e. The third-order valence-electron chi connectivity index (χ3n) is 3.53. The second-order valence-corrected chi connectivity index (χ2v) is 7.63. The summed E-state index contributed by atoms with van der Waals surface area (Å²) in [7, 11) is 1.28. The first kappa shape index (κ1) is 22.7. The van der Waals surface area contributed by atoms with Gasteiger partial charge in [-0.3, -0.25) is 9.59 Å². The second-order valence-electron chi connectivity index (χ2n) is 6.71. The van der Waals surface area contributed by atoms with Gasteiger partial charge in [-0.2, -0.15) is 0 Å². The summed E-state index contributed by atoms with van der Waals surface area (Å²) in [4.78, 5) is 34.9. The van der Waals surface area contributed by atoms with Gasteiger partial charge in [0.15, 0.2) is 0 Å². The maximum absolute atomic E-state index is 11.8. The average molecular weight is 364 g/mol. The van der Waals surface area contributed by atoms with E-state index < -0.39 is 34.2 Å². The van der Waals surface area contributed by atoms with Crippen molar-refractivity contribution in [1.82, 2.24) is 0 Å². The minimum absolute atomic E-state index is 0.189. The van der Waals surface area contributed by atoms with E-state index in [1.807, 2.05) is 6.92 Å². The van der Waals surface area contributed by atoms with Crippen LogP contribution < -0.4 is 0 Å². The Morgan fingerprint density at radius 1 is 1.00 bits per heavy atom. The van der Waals surface area contributed by atoms with Crippen molar-refractivity contribution in [3.8, 4) is 0 Å². The molecule has 0 aromatic rings. The average Bonchev–Trinajstić information content (AvgIpc) is 2.54. The van der Waals surface area contributed by atoms with E-state index in [2.05, 4.69) is 4.74 Å². The highest BCUT2D eigenvalue weighted by molar-refractivity contribution is 8.13. The van der Waals surface area contributed by atoms with Crippen LogP contribution in [0.1, 0.15) is 41.0 Å². The molecule has 1 unspecified atom stereocenters. The van der Waals surface area contributed by atoms with Crippen LogP contribution in [0, 0.1) is 10.8 Å². The van der Waals surface area contributed by atoms with E-state index in [0.717, 1.165) is 11.8 Å². The molecule has 0 fully saturated rings. The van der Waals surface area contributed by atoms with E-state index in [1.165, 1.54) is 7.11 Å². The number of thioether (sulfide) groups is 1. The zero-order valence-electron chi connectivity index (χ0n) is 15.2. The number of ether oxygens (including phenoxy) is 3. The maximum Gasteiger partial charge on any atom is 0.367 e. The fourth-order valence-corrected chi connectivity index (χ4v) is 2.09. The highest BCUT2D eigenvalue weighted by Crippen LogP contribution is 2.24. The molecule has 0 aliphatic heterocycles. The van der Waals surface area contributed by atoms with E-state index >= 15 is 0 Å². The molecule has 0 saturated carbocycles. The molecule has 24 heavy (non-hydrogen) atoms. The van der Waals surface area contributed by atoms with Gasteiger partial charge in [0.25, 0.3) is 0 Å². The largest absolute Gasteiger partial charge is 0.469 e. The number of aliphatic hydroxyl groups excluding tert-OH is 1. The van der Waals surface area contributed by atoms with Crippen molar-refractivity contribution in [1.29, 1.82) is 0 Å². The molecule has 0 amide bonds. The van der Waals surface area contributed by atoms with Gasteiger partial charge in [0, 0.05) is 5.75 Å². The van der Waals surface area contributed by atoms with Crippen LogP contribution in [0.2, 0.25) is 0 Å². The van der Waals surface area contributed by atoms with Crippen LogP contribution in [0.4, 0.5) is 4.79 Å². The molecule has 0 spiro atoms. The molecule has 1 N–H and O–H groups in total. The van der Waals surface area contributed by atoms with Crippen LogP contribution in [-0.2, 0) is 23.8 Å². The Hall–Kier alpha value is -1.28. The lowest BCUT2D eigenvalue weighted by Gasteiger charge is -2.22. The van der Waals surface area contributed by atoms with Crippen molar-refractivity contribution in [3.05, 3.63) is 0 Å². The minimum atomic E-state index is -1.10. The Morgan fingerprint density at radius 2 is 1.54 bits per heavy atom. The van der Waals surface area contributed by atoms with Gasteiger partial charge in [0.2, 0.25) is 0 Å². The lowest BCUT2D eigenvalue weighted by molar-refractivity contribution is -0.157. The number of hydrogen-bond acceptors (Lipinski definition) is 8. The second kappa shape index (κ2) is 9.88. The summed E-state index contributed by atoms with van der Waals surface area (Å²) in [6, 6.07) is 0. The molecule has 0 aromatic carbocycles. The summed E-state index contributed by atoms with van der Waals surface area (Å²) >= 11 is 0.820. The molecule has 8 heteroatoms. The Bertz CT molecular complexity index is 446. The van der Waals surface area contributed by atoms with Crippen LogP contribution in [0.5, 0.6) is 0 Å². The Balaban J connectivity index is 4.11. The monoisotopic (exact) mass is 364 g/mol. The molecule has 0 bridgehead atoms. The standard InChI is InChI=1S/C16H28O7S/c1-7-15(2,3)13(19)22-8-11(17)9-23-14(20)24-10-16(4,5)12(18)21-6/h11,17H,7-10H2,1-6H3. The van der Waals surface area contributed by atoms with Crippen LogP contribution >= 0.6 is 11.8 Å². The molecular formula is C16H28O7S. The van der Waals surface area contributed by atoms with E-state index in [9.17, 15) is 19.5 Å². The van der Waals surface area contributed by atoms with Crippen molar-refractivity contribution in [2.45, 2.75) is 47.1 Å². The molecule has 7 nitrogen and oxygen atoms in total. The summed E-state index contributed by atoms with van der Waals surface area (Å²) in [5, 5.41) is 9.08. The Kier molecular flexibility index (Phi) is 9.35. The summed E-state index contributed by atoms with van der Waals surface area (Å²) in [5.74, 6) is -0.647. The zero-order valence-corrected chi connectivity index (χ0v) is 16.0. The van der Waals surface area contributed by atoms with Crippen LogP contribution in [0.25, 0.3) is 0 Å². The van der Waals surface area contributed by atoms with Gasteiger partial charge in [-0.15, -0.1) is 0 Å². The maximum atomic E-state index is 11.8. The molecule has 0 radical (unpaired) electrons. The lowest BCUT2D eigenvalue weighted by atomic mass is 9.91. The third kappa shape index (κ3) is 8.01. The van der Waals surface area contributed by atoms with Crippen LogP contribution in [0.15, 0.2) is 0 Å². The van der Waals surface area contributed by atoms with E-state index in [1.54, 1.807) is 27.7 Å². The number of methoxy groups -OCH3 is 1. The van der Waals surface area contributed by atoms with E-state index in [0.29, 0.717) is 6.42 Å².